The Balaban J connectivity index is 1.15. The van der Waals surface area contributed by atoms with E-state index < -0.39 is 0 Å². The molecule has 12 rings (SSSR count). The first-order chi connectivity index (χ1) is 27.2. The number of para-hydroxylation sites is 1. The average Bonchev–Trinajstić information content (AvgIpc) is 3.92. The smallest absolute Gasteiger partial charge is 0.230 e. The van der Waals surface area contributed by atoms with E-state index in [0.717, 1.165) is 37.5 Å². The fourth-order valence-electron chi connectivity index (χ4n) is 9.01. The maximum absolute atomic E-state index is 9.81. The molecule has 0 aliphatic heterocycles. The molecule has 0 saturated heterocycles. The Morgan fingerprint density at radius 2 is 1.09 bits per heavy atom. The van der Waals surface area contributed by atoms with Crippen molar-refractivity contribution in [3.8, 4) is 0 Å². The second kappa shape index (κ2) is 11.5. The number of nitrogens with zero attached hydrogens (tertiary/aromatic N) is 2. The Bertz CT molecular complexity index is 3600. The van der Waals surface area contributed by atoms with Gasteiger partial charge in [0, 0.05) is 47.3 Å². The van der Waals surface area contributed by atoms with Crippen LogP contribution in [0.2, 0.25) is 0 Å². The Hall–Kier alpha value is -7.08. The number of fused-ring (bicyclic) bond motifs is 16. The zero-order valence-electron chi connectivity index (χ0n) is 29.4. The summed E-state index contributed by atoms with van der Waals surface area (Å²) in [4.78, 5) is 5.17. The van der Waals surface area contributed by atoms with Crippen molar-refractivity contribution in [2.75, 3.05) is 0 Å². The summed E-state index contributed by atoms with van der Waals surface area (Å²) in [7, 11) is 0. The summed E-state index contributed by atoms with van der Waals surface area (Å²) in [6.07, 6.45) is 1.89. The average molecular weight is 720 g/mol. The Labute approximate surface area is 318 Å². The predicted octanol–water partition coefficient (Wildman–Crippen LogP) is 14.1. The summed E-state index contributed by atoms with van der Waals surface area (Å²) in [5.41, 5.74) is 4.77. The maximum Gasteiger partial charge on any atom is 0.230 e. The molecule has 0 fully saturated rings. The lowest BCUT2D eigenvalue weighted by molar-refractivity contribution is 0.625. The Morgan fingerprint density at radius 1 is 0.491 bits per heavy atom. The van der Waals surface area contributed by atoms with Crippen LogP contribution in [0.15, 0.2) is 173 Å². The summed E-state index contributed by atoms with van der Waals surface area (Å²) < 4.78 is 11.1. The van der Waals surface area contributed by atoms with Gasteiger partial charge in [0.25, 0.3) is 0 Å². The standard InChI is InChI=1S/C50H29N3OS/c51-49(38-20-11-23-43-44(38)37-19-8-10-22-42(37)55-43)47-36-18-7-9-21-41(36)54-50(47)52-28-53-39-26-24-29-12-1-2-13-30(29)46(39)48-40(53)27-25-35-33-16-4-3-14-31(33)32-15-5-6-17-34(32)45(35)48/h1-28,51H. The normalized spacial score (nSPS) is 12.4. The molecule has 0 spiro atoms. The third-order valence-electron chi connectivity index (χ3n) is 11.4. The van der Waals surface area contributed by atoms with Gasteiger partial charge in [0.15, 0.2) is 0 Å². The van der Waals surface area contributed by atoms with Crippen LogP contribution in [0.25, 0.3) is 96.0 Å². The van der Waals surface area contributed by atoms with Crippen LogP contribution < -0.4 is 0 Å². The van der Waals surface area contributed by atoms with Gasteiger partial charge in [0.2, 0.25) is 5.88 Å². The van der Waals surface area contributed by atoms with E-state index in [1.54, 1.807) is 11.3 Å². The van der Waals surface area contributed by atoms with Crippen molar-refractivity contribution in [1.29, 1.82) is 5.41 Å². The highest BCUT2D eigenvalue weighted by Gasteiger charge is 2.23. The second-order valence-electron chi connectivity index (χ2n) is 14.2. The molecule has 3 heterocycles. The summed E-state index contributed by atoms with van der Waals surface area (Å²) >= 11 is 1.76. The van der Waals surface area contributed by atoms with Crippen LogP contribution in [-0.4, -0.2) is 16.6 Å². The molecule has 0 bridgehead atoms. The first-order valence-electron chi connectivity index (χ1n) is 18.5. The molecule has 12 aromatic rings. The zero-order chi connectivity index (χ0) is 36.2. The zero-order valence-corrected chi connectivity index (χ0v) is 30.2. The first kappa shape index (κ1) is 30.4. The summed E-state index contributed by atoms with van der Waals surface area (Å²) in [5, 5.41) is 25.2. The monoisotopic (exact) mass is 719 g/mol. The van der Waals surface area contributed by atoms with Crippen molar-refractivity contribution < 1.29 is 4.42 Å². The SMILES string of the molecule is N=C(c1c(N=Cn2c3ccc4ccccc4c3c3c4c5ccccc5c5ccccc5c4ccc32)oc2ccccc12)c1cccc2sc3ccccc3c12. The molecule has 0 aliphatic rings. The summed E-state index contributed by atoms with van der Waals surface area (Å²) in [6, 6.07) is 57.7. The van der Waals surface area contributed by atoms with Crippen LogP contribution >= 0.6 is 11.3 Å². The molecular weight excluding hydrogens is 691 g/mol. The van der Waals surface area contributed by atoms with E-state index in [0.29, 0.717) is 22.7 Å². The molecule has 3 aromatic heterocycles. The van der Waals surface area contributed by atoms with E-state index in [1.165, 1.54) is 58.6 Å². The molecule has 5 heteroatoms. The van der Waals surface area contributed by atoms with Crippen LogP contribution in [-0.2, 0) is 0 Å². The molecule has 9 aromatic carbocycles. The van der Waals surface area contributed by atoms with Crippen LogP contribution in [0.1, 0.15) is 11.1 Å². The molecule has 4 nitrogen and oxygen atoms in total. The number of aliphatic imine (C=N–C) groups is 1. The van der Waals surface area contributed by atoms with Gasteiger partial charge in [0.1, 0.15) is 11.9 Å². The third-order valence-corrected chi connectivity index (χ3v) is 12.5. The van der Waals surface area contributed by atoms with Crippen molar-refractivity contribution in [3.63, 3.8) is 0 Å². The Morgan fingerprint density at radius 3 is 1.91 bits per heavy atom. The van der Waals surface area contributed by atoms with Crippen LogP contribution in [0.5, 0.6) is 0 Å². The fourth-order valence-corrected chi connectivity index (χ4v) is 10.1. The van der Waals surface area contributed by atoms with Gasteiger partial charge in [-0.25, -0.2) is 4.99 Å². The highest BCUT2D eigenvalue weighted by atomic mass is 32.1. The van der Waals surface area contributed by atoms with Gasteiger partial charge in [-0.3, -0.25) is 9.98 Å². The molecule has 0 radical (unpaired) electrons. The van der Waals surface area contributed by atoms with Gasteiger partial charge in [0.05, 0.1) is 22.3 Å². The highest BCUT2D eigenvalue weighted by molar-refractivity contribution is 7.25. The van der Waals surface area contributed by atoms with E-state index in [1.807, 2.05) is 36.7 Å². The molecule has 0 saturated carbocycles. The largest absolute Gasteiger partial charge is 0.438 e. The number of benzene rings is 9. The van der Waals surface area contributed by atoms with E-state index >= 15 is 0 Å². The van der Waals surface area contributed by atoms with E-state index in [4.69, 9.17) is 9.41 Å². The number of aromatic nitrogens is 1. The van der Waals surface area contributed by atoms with Gasteiger partial charge in [-0.15, -0.1) is 11.3 Å². The number of hydrogen-bond donors (Lipinski definition) is 1. The maximum atomic E-state index is 9.81. The van der Waals surface area contributed by atoms with Crippen LogP contribution in [0.3, 0.4) is 0 Å². The number of thiophene rings is 1. The minimum absolute atomic E-state index is 0.392. The lowest BCUT2D eigenvalue weighted by Crippen LogP contribution is -2.02. The van der Waals surface area contributed by atoms with Crippen molar-refractivity contribution in [3.05, 3.63) is 175 Å². The molecule has 0 aliphatic carbocycles. The van der Waals surface area contributed by atoms with Gasteiger partial charge in [-0.2, -0.15) is 0 Å². The number of hydrogen-bond acceptors (Lipinski definition) is 4. The van der Waals surface area contributed by atoms with Gasteiger partial charge >= 0.3 is 0 Å². The van der Waals surface area contributed by atoms with E-state index in [-0.39, 0.29) is 0 Å². The van der Waals surface area contributed by atoms with Crippen LogP contribution in [0, 0.1) is 5.41 Å². The van der Waals surface area contributed by atoms with E-state index in [9.17, 15) is 5.41 Å². The van der Waals surface area contributed by atoms with Crippen LogP contribution in [0.4, 0.5) is 5.88 Å². The van der Waals surface area contributed by atoms with Crippen molar-refractivity contribution >= 4 is 125 Å². The van der Waals surface area contributed by atoms with Gasteiger partial charge in [-0.1, -0.05) is 133 Å². The van der Waals surface area contributed by atoms with Crippen molar-refractivity contribution in [2.45, 2.75) is 0 Å². The molecule has 55 heavy (non-hydrogen) atoms. The summed E-state index contributed by atoms with van der Waals surface area (Å²) in [5.74, 6) is 0.413. The van der Waals surface area contributed by atoms with Gasteiger partial charge < -0.3 is 4.42 Å². The number of rotatable bonds is 4. The lowest BCUT2D eigenvalue weighted by Gasteiger charge is -2.12. The molecule has 1 N–H and O–H groups in total. The molecular formula is C50H29N3OS. The molecule has 0 unspecified atom stereocenters. The second-order valence-corrected chi connectivity index (χ2v) is 15.3. The minimum Gasteiger partial charge on any atom is -0.438 e. The quantitative estimate of drug-likeness (QED) is 0.110. The molecule has 0 atom stereocenters. The Kier molecular flexibility index (Phi) is 6.33. The number of nitrogens with one attached hydrogen (secondary N) is 1. The fraction of sp³-hybridized carbons (Fsp3) is 0. The topological polar surface area (TPSA) is 54.3 Å². The van der Waals surface area contributed by atoms with Crippen molar-refractivity contribution in [2.24, 2.45) is 4.99 Å². The van der Waals surface area contributed by atoms with Crippen molar-refractivity contribution in [1.82, 2.24) is 4.57 Å². The number of furan rings is 1. The highest BCUT2D eigenvalue weighted by Crippen LogP contribution is 2.45. The molecule has 0 amide bonds. The predicted molar refractivity (Wildman–Crippen MR) is 234 cm³/mol. The first-order valence-corrected chi connectivity index (χ1v) is 19.3. The van der Waals surface area contributed by atoms with E-state index in [2.05, 4.69) is 138 Å². The third kappa shape index (κ3) is 4.27. The summed E-state index contributed by atoms with van der Waals surface area (Å²) in [6.45, 7) is 0. The van der Waals surface area contributed by atoms with Gasteiger partial charge in [-0.05, 0) is 68.0 Å². The lowest BCUT2D eigenvalue weighted by atomic mass is 9.91. The minimum atomic E-state index is 0.392. The molecule has 256 valence electrons.